The maximum absolute atomic E-state index is 13.5. The molecule has 0 bridgehead atoms. The summed E-state index contributed by atoms with van der Waals surface area (Å²) in [6.45, 7) is 8.04. The van der Waals surface area contributed by atoms with E-state index in [1.54, 1.807) is 12.1 Å². The molecule has 4 nitrogen and oxygen atoms in total. The van der Waals surface area contributed by atoms with Crippen molar-refractivity contribution in [3.05, 3.63) is 90.7 Å². The summed E-state index contributed by atoms with van der Waals surface area (Å²) < 4.78 is 27.0. The monoisotopic (exact) mass is 533 g/mol. The van der Waals surface area contributed by atoms with E-state index in [1.165, 1.54) is 22.5 Å². The average molecular weight is 534 g/mol. The fourth-order valence-corrected chi connectivity index (χ4v) is 11.3. The summed E-state index contributed by atoms with van der Waals surface area (Å²) in [6.07, 6.45) is 2.84. The Morgan fingerprint density at radius 3 is 2.13 bits per heavy atom. The minimum absolute atomic E-state index is 0.0771. The van der Waals surface area contributed by atoms with Gasteiger partial charge in [0.05, 0.1) is 12.1 Å². The van der Waals surface area contributed by atoms with E-state index in [-0.39, 0.29) is 28.9 Å². The second-order valence-corrected chi connectivity index (χ2v) is 16.2. The number of halogens is 1. The zero-order chi connectivity index (χ0) is 26.8. The van der Waals surface area contributed by atoms with E-state index >= 15 is 0 Å². The molecule has 1 heterocycles. The third-order valence-electron chi connectivity index (χ3n) is 8.49. The molecule has 3 aromatic rings. The lowest BCUT2D eigenvalue weighted by Gasteiger charge is -2.53. The van der Waals surface area contributed by atoms with Crippen LogP contribution in [0.1, 0.15) is 46.5 Å². The van der Waals surface area contributed by atoms with Crippen molar-refractivity contribution in [1.29, 1.82) is 0 Å². The van der Waals surface area contributed by atoms with Gasteiger partial charge in [-0.15, -0.1) is 0 Å². The van der Waals surface area contributed by atoms with Gasteiger partial charge in [0.2, 0.25) is 0 Å². The topological polar surface area (TPSA) is 50.7 Å². The molecule has 6 heteroatoms. The molecule has 1 aliphatic heterocycles. The van der Waals surface area contributed by atoms with Crippen molar-refractivity contribution in [3.8, 4) is 0 Å². The van der Waals surface area contributed by atoms with Gasteiger partial charge in [0.25, 0.3) is 8.32 Å². The molecule has 0 radical (unpaired) electrons. The summed E-state index contributed by atoms with van der Waals surface area (Å²) in [5.74, 6) is -0.189. The highest BCUT2D eigenvalue weighted by atomic mass is 28.4. The van der Waals surface area contributed by atoms with Gasteiger partial charge < -0.3 is 19.6 Å². The molecular weight excluding hydrogens is 493 g/mol. The molecule has 38 heavy (non-hydrogen) atoms. The molecule has 1 aliphatic carbocycles. The molecule has 0 aromatic heterocycles. The first-order chi connectivity index (χ1) is 18.2. The van der Waals surface area contributed by atoms with Gasteiger partial charge in [-0.2, -0.15) is 0 Å². The molecule has 1 saturated heterocycles. The summed E-state index contributed by atoms with van der Waals surface area (Å²) in [7, 11) is -2.69. The SMILES string of the molecule is CC(C)(C)[Si](OC[C@@H]1CC[C@@H](Nc2ccc(F)cc2)[C@]2(O)CCCO[C@H]12)(c1ccccc1)c1ccccc1. The minimum atomic E-state index is -2.69. The highest BCUT2D eigenvalue weighted by Crippen LogP contribution is 2.44. The second kappa shape index (κ2) is 10.9. The van der Waals surface area contributed by atoms with Gasteiger partial charge in [-0.05, 0) is 65.4 Å². The molecule has 2 N–H and O–H groups in total. The first-order valence-electron chi connectivity index (χ1n) is 13.9. The van der Waals surface area contributed by atoms with Gasteiger partial charge in [-0.1, -0.05) is 81.4 Å². The van der Waals surface area contributed by atoms with Crippen LogP contribution in [0.25, 0.3) is 0 Å². The molecule has 2 fully saturated rings. The maximum Gasteiger partial charge on any atom is 0.261 e. The van der Waals surface area contributed by atoms with Crippen molar-refractivity contribution in [3.63, 3.8) is 0 Å². The molecule has 4 atom stereocenters. The van der Waals surface area contributed by atoms with Crippen molar-refractivity contribution in [2.75, 3.05) is 18.5 Å². The zero-order valence-electron chi connectivity index (χ0n) is 22.7. The summed E-state index contributed by atoms with van der Waals surface area (Å²) >= 11 is 0. The standard InChI is InChI=1S/C32H40FNO3Si/c1-31(2,3)38(27-11-6-4-7-12-27,28-13-8-5-9-14-28)37-23-24-15-20-29(32(35)21-10-22-36-30(24)32)34-26-18-16-25(33)17-19-26/h4-9,11-14,16-19,24,29-30,34-35H,10,15,20-23H2,1-3H3/t24-,29+,30+,32+/m0/s1. The molecule has 0 spiro atoms. The van der Waals surface area contributed by atoms with E-state index in [9.17, 15) is 9.50 Å². The molecule has 0 amide bonds. The highest BCUT2D eigenvalue weighted by Gasteiger charge is 2.55. The Balaban J connectivity index is 1.43. The van der Waals surface area contributed by atoms with E-state index in [1.807, 2.05) is 0 Å². The van der Waals surface area contributed by atoms with Gasteiger partial charge in [-0.3, -0.25) is 0 Å². The minimum Gasteiger partial charge on any atom is -0.407 e. The number of rotatable bonds is 7. The van der Waals surface area contributed by atoms with Crippen molar-refractivity contribution >= 4 is 24.4 Å². The van der Waals surface area contributed by atoms with E-state index in [0.717, 1.165) is 24.9 Å². The van der Waals surface area contributed by atoms with Crippen molar-refractivity contribution in [1.82, 2.24) is 0 Å². The number of hydrogen-bond acceptors (Lipinski definition) is 4. The summed E-state index contributed by atoms with van der Waals surface area (Å²) in [6, 6.07) is 27.6. The molecule has 1 saturated carbocycles. The first-order valence-corrected chi connectivity index (χ1v) is 15.8. The molecule has 202 valence electrons. The molecule has 2 aliphatic rings. The predicted molar refractivity (Wildman–Crippen MR) is 154 cm³/mol. The van der Waals surface area contributed by atoms with Crippen LogP contribution in [0.5, 0.6) is 0 Å². The van der Waals surface area contributed by atoms with Crippen LogP contribution in [0.15, 0.2) is 84.9 Å². The normalized spacial score (nSPS) is 26.0. The fourth-order valence-electron chi connectivity index (χ4n) is 6.66. The van der Waals surface area contributed by atoms with Crippen molar-refractivity contribution in [2.24, 2.45) is 5.92 Å². The zero-order valence-corrected chi connectivity index (χ0v) is 23.7. The second-order valence-electron chi connectivity index (χ2n) is 11.9. The van der Waals surface area contributed by atoms with Gasteiger partial charge in [-0.25, -0.2) is 4.39 Å². The number of anilines is 1. The molecule has 3 aromatic carbocycles. The Morgan fingerprint density at radius 2 is 1.55 bits per heavy atom. The average Bonchev–Trinajstić information content (AvgIpc) is 2.91. The van der Waals surface area contributed by atoms with E-state index < -0.39 is 13.9 Å². The largest absolute Gasteiger partial charge is 0.407 e. The van der Waals surface area contributed by atoms with Gasteiger partial charge in [0.15, 0.2) is 0 Å². The Kier molecular flexibility index (Phi) is 7.78. The smallest absolute Gasteiger partial charge is 0.261 e. The fraction of sp³-hybridized carbons (Fsp3) is 0.438. The van der Waals surface area contributed by atoms with Crippen LogP contribution < -0.4 is 15.7 Å². The van der Waals surface area contributed by atoms with Crippen LogP contribution >= 0.6 is 0 Å². The highest BCUT2D eigenvalue weighted by molar-refractivity contribution is 6.99. The molecular formula is C32H40FNO3Si. The van der Waals surface area contributed by atoms with Crippen LogP contribution in [0.3, 0.4) is 0 Å². The number of hydrogen-bond donors (Lipinski definition) is 2. The van der Waals surface area contributed by atoms with E-state index in [0.29, 0.717) is 19.6 Å². The first kappa shape index (κ1) is 27.1. The van der Waals surface area contributed by atoms with Crippen LogP contribution in [0, 0.1) is 11.7 Å². The van der Waals surface area contributed by atoms with Crippen molar-refractivity contribution < 1.29 is 18.7 Å². The van der Waals surface area contributed by atoms with Crippen LogP contribution in [0.4, 0.5) is 10.1 Å². The van der Waals surface area contributed by atoms with Gasteiger partial charge in [0, 0.05) is 24.8 Å². The van der Waals surface area contributed by atoms with Gasteiger partial charge in [0.1, 0.15) is 11.4 Å². The van der Waals surface area contributed by atoms with Crippen LogP contribution in [-0.4, -0.2) is 44.4 Å². The molecule has 5 rings (SSSR count). The Labute approximate surface area is 227 Å². The lowest BCUT2D eigenvalue weighted by Crippen LogP contribution is -2.68. The van der Waals surface area contributed by atoms with E-state index in [4.69, 9.17) is 9.16 Å². The lowest BCUT2D eigenvalue weighted by atomic mass is 9.69. The van der Waals surface area contributed by atoms with Crippen LogP contribution in [-0.2, 0) is 9.16 Å². The maximum atomic E-state index is 13.5. The quantitative estimate of drug-likeness (QED) is 0.394. The van der Waals surface area contributed by atoms with E-state index in [2.05, 4.69) is 86.8 Å². The summed E-state index contributed by atoms with van der Waals surface area (Å²) in [4.78, 5) is 0. The number of benzene rings is 3. The summed E-state index contributed by atoms with van der Waals surface area (Å²) in [5, 5.41) is 17.9. The number of ether oxygens (including phenoxy) is 1. The third kappa shape index (κ3) is 5.07. The van der Waals surface area contributed by atoms with Crippen LogP contribution in [0.2, 0.25) is 5.04 Å². The van der Waals surface area contributed by atoms with Crippen molar-refractivity contribution in [2.45, 2.75) is 69.2 Å². The number of fused-ring (bicyclic) bond motifs is 1. The predicted octanol–water partition coefficient (Wildman–Crippen LogP) is 5.50. The third-order valence-corrected chi connectivity index (χ3v) is 13.5. The Bertz CT molecular complexity index is 1150. The van der Waals surface area contributed by atoms with Gasteiger partial charge >= 0.3 is 0 Å². The summed E-state index contributed by atoms with van der Waals surface area (Å²) in [5.41, 5.74) is -0.194. The number of aliphatic hydroxyl groups is 1. The molecule has 0 unspecified atom stereocenters. The number of nitrogens with one attached hydrogen (secondary N) is 1. The Hall–Kier alpha value is -2.51. The Morgan fingerprint density at radius 1 is 0.947 bits per heavy atom. The lowest BCUT2D eigenvalue weighted by molar-refractivity contribution is -0.194.